The van der Waals surface area contributed by atoms with Crippen molar-refractivity contribution in [3.05, 3.63) is 59.2 Å². The number of carbonyl (C=O) groups excluding carboxylic acids is 1. The lowest BCUT2D eigenvalue weighted by Crippen LogP contribution is -2.40. The number of anilines is 1. The number of hydrogen-bond donors (Lipinski definition) is 2. The number of carbonyl (C=O) groups is 1. The molecule has 0 radical (unpaired) electrons. The number of amides is 1. The van der Waals surface area contributed by atoms with Gasteiger partial charge in [-0.25, -0.2) is 13.1 Å². The first-order valence-corrected chi connectivity index (χ1v) is 9.49. The maximum absolute atomic E-state index is 12.5. The first kappa shape index (κ1) is 19.1. The molecule has 0 aromatic heterocycles. The molecule has 134 valence electrons. The van der Waals surface area contributed by atoms with Gasteiger partial charge >= 0.3 is 0 Å². The fraction of sp³-hybridized carbons (Fsp3) is 0.316. The Morgan fingerprint density at radius 1 is 1.00 bits per heavy atom. The Balaban J connectivity index is 2.28. The minimum Gasteiger partial charge on any atom is -0.322 e. The maximum Gasteiger partial charge on any atom is 0.255 e. The zero-order valence-corrected chi connectivity index (χ0v) is 16.0. The molecule has 0 fully saturated rings. The highest BCUT2D eigenvalue weighted by atomic mass is 32.2. The zero-order chi connectivity index (χ0) is 18.8. The first-order chi connectivity index (χ1) is 11.5. The maximum atomic E-state index is 12.5. The molecule has 0 aliphatic rings. The molecular formula is C19H24N2O3S. The molecule has 2 rings (SSSR count). The topological polar surface area (TPSA) is 75.3 Å². The molecule has 5 nitrogen and oxygen atoms in total. The molecule has 2 N–H and O–H groups in total. The van der Waals surface area contributed by atoms with E-state index >= 15 is 0 Å². The Hall–Kier alpha value is -2.18. The number of hydrogen-bond acceptors (Lipinski definition) is 3. The Morgan fingerprint density at radius 2 is 1.68 bits per heavy atom. The lowest BCUT2D eigenvalue weighted by atomic mass is 10.1. The predicted molar refractivity (Wildman–Crippen MR) is 100 cm³/mol. The normalized spacial score (nSPS) is 12.0. The van der Waals surface area contributed by atoms with Crippen molar-refractivity contribution >= 4 is 21.6 Å². The van der Waals surface area contributed by atoms with Crippen LogP contribution in [-0.2, 0) is 10.0 Å². The van der Waals surface area contributed by atoms with Gasteiger partial charge in [0, 0.05) is 16.8 Å². The Kier molecular flexibility index (Phi) is 5.34. The van der Waals surface area contributed by atoms with Gasteiger partial charge in [-0.3, -0.25) is 4.79 Å². The van der Waals surface area contributed by atoms with Crippen LogP contribution in [0.4, 0.5) is 5.69 Å². The standard InChI is InChI=1S/C19H24N2O3S/c1-13-9-10-14(2)17(11-13)18(22)20-15-7-6-8-16(12-15)25(23,24)21-19(3,4)5/h6-12,21H,1-5H3,(H,20,22). The van der Waals surface area contributed by atoms with Crippen LogP contribution in [0.3, 0.4) is 0 Å². The number of sulfonamides is 1. The van der Waals surface area contributed by atoms with Crippen LogP contribution in [0.2, 0.25) is 0 Å². The van der Waals surface area contributed by atoms with E-state index in [1.165, 1.54) is 12.1 Å². The van der Waals surface area contributed by atoms with E-state index in [0.29, 0.717) is 11.3 Å². The molecule has 0 heterocycles. The largest absolute Gasteiger partial charge is 0.322 e. The molecule has 0 saturated heterocycles. The summed E-state index contributed by atoms with van der Waals surface area (Å²) >= 11 is 0. The highest BCUT2D eigenvalue weighted by molar-refractivity contribution is 7.89. The summed E-state index contributed by atoms with van der Waals surface area (Å²) in [7, 11) is -3.66. The van der Waals surface area contributed by atoms with E-state index in [1.807, 2.05) is 32.0 Å². The first-order valence-electron chi connectivity index (χ1n) is 8.01. The quantitative estimate of drug-likeness (QED) is 0.874. The van der Waals surface area contributed by atoms with Crippen molar-refractivity contribution in [3.63, 3.8) is 0 Å². The average molecular weight is 360 g/mol. The summed E-state index contributed by atoms with van der Waals surface area (Å²) in [6.45, 7) is 9.11. The number of nitrogens with one attached hydrogen (secondary N) is 2. The molecule has 0 saturated carbocycles. The van der Waals surface area contributed by atoms with E-state index in [0.717, 1.165) is 11.1 Å². The minimum absolute atomic E-state index is 0.112. The summed E-state index contributed by atoms with van der Waals surface area (Å²) in [5.74, 6) is -0.264. The Morgan fingerprint density at radius 3 is 2.32 bits per heavy atom. The second-order valence-corrected chi connectivity index (χ2v) is 8.84. The number of aryl methyl sites for hydroxylation is 2. The Bertz CT molecular complexity index is 897. The summed E-state index contributed by atoms with van der Waals surface area (Å²) in [6, 6.07) is 11.9. The van der Waals surface area contributed by atoms with Crippen molar-refractivity contribution in [3.8, 4) is 0 Å². The number of benzene rings is 2. The molecule has 2 aromatic rings. The smallest absolute Gasteiger partial charge is 0.255 e. The highest BCUT2D eigenvalue weighted by Crippen LogP contribution is 2.19. The van der Waals surface area contributed by atoms with Gasteiger partial charge < -0.3 is 5.32 Å². The van der Waals surface area contributed by atoms with Gasteiger partial charge in [-0.05, 0) is 64.4 Å². The van der Waals surface area contributed by atoms with Gasteiger partial charge in [0.25, 0.3) is 5.91 Å². The van der Waals surface area contributed by atoms with Crippen LogP contribution in [0, 0.1) is 13.8 Å². The molecule has 2 aromatic carbocycles. The van der Waals surface area contributed by atoms with Gasteiger partial charge in [0.2, 0.25) is 10.0 Å². The molecule has 0 aliphatic heterocycles. The van der Waals surface area contributed by atoms with Crippen LogP contribution < -0.4 is 10.0 Å². The van der Waals surface area contributed by atoms with Crippen LogP contribution in [0.1, 0.15) is 42.3 Å². The lowest BCUT2D eigenvalue weighted by Gasteiger charge is -2.20. The zero-order valence-electron chi connectivity index (χ0n) is 15.2. The van der Waals surface area contributed by atoms with Crippen LogP contribution in [-0.4, -0.2) is 19.9 Å². The SMILES string of the molecule is Cc1ccc(C)c(C(=O)Nc2cccc(S(=O)(=O)NC(C)(C)C)c2)c1. The van der Waals surface area contributed by atoms with E-state index in [4.69, 9.17) is 0 Å². The summed E-state index contributed by atoms with van der Waals surface area (Å²) in [4.78, 5) is 12.6. The van der Waals surface area contributed by atoms with Gasteiger partial charge in [0.05, 0.1) is 4.90 Å². The third kappa shape index (κ3) is 5.14. The molecule has 0 atom stereocenters. The highest BCUT2D eigenvalue weighted by Gasteiger charge is 2.22. The van der Waals surface area contributed by atoms with E-state index in [1.54, 1.807) is 32.9 Å². The molecular weight excluding hydrogens is 336 g/mol. The van der Waals surface area contributed by atoms with Gasteiger partial charge in [0.1, 0.15) is 0 Å². The second-order valence-electron chi connectivity index (χ2n) is 7.16. The number of rotatable bonds is 4. The van der Waals surface area contributed by atoms with Crippen molar-refractivity contribution in [2.24, 2.45) is 0 Å². The van der Waals surface area contributed by atoms with E-state index in [9.17, 15) is 13.2 Å². The van der Waals surface area contributed by atoms with Crippen molar-refractivity contribution in [2.75, 3.05) is 5.32 Å². The third-order valence-corrected chi connectivity index (χ3v) is 5.24. The summed E-state index contributed by atoms with van der Waals surface area (Å²) in [6.07, 6.45) is 0. The second kappa shape index (κ2) is 6.98. The van der Waals surface area contributed by atoms with Crippen LogP contribution in [0.15, 0.2) is 47.4 Å². The summed E-state index contributed by atoms with van der Waals surface area (Å²) in [5.41, 5.74) is 2.27. The van der Waals surface area contributed by atoms with E-state index < -0.39 is 15.6 Å². The van der Waals surface area contributed by atoms with Gasteiger partial charge in [-0.1, -0.05) is 23.8 Å². The average Bonchev–Trinajstić information content (AvgIpc) is 2.47. The predicted octanol–water partition coefficient (Wildman–Crippen LogP) is 3.63. The molecule has 1 amide bonds. The molecule has 0 aliphatic carbocycles. The molecule has 0 bridgehead atoms. The van der Waals surface area contributed by atoms with Crippen molar-refractivity contribution < 1.29 is 13.2 Å². The van der Waals surface area contributed by atoms with Crippen LogP contribution >= 0.6 is 0 Å². The molecule has 0 spiro atoms. The van der Waals surface area contributed by atoms with Crippen molar-refractivity contribution in [1.82, 2.24) is 4.72 Å². The monoisotopic (exact) mass is 360 g/mol. The fourth-order valence-corrected chi connectivity index (χ4v) is 3.85. The fourth-order valence-electron chi connectivity index (χ4n) is 2.38. The van der Waals surface area contributed by atoms with Crippen molar-refractivity contribution in [2.45, 2.75) is 45.1 Å². The van der Waals surface area contributed by atoms with Crippen molar-refractivity contribution in [1.29, 1.82) is 0 Å². The molecule has 25 heavy (non-hydrogen) atoms. The molecule has 0 unspecified atom stereocenters. The third-order valence-electron chi connectivity index (χ3n) is 3.48. The summed E-state index contributed by atoms with van der Waals surface area (Å²) in [5, 5.41) is 2.77. The van der Waals surface area contributed by atoms with Gasteiger partial charge in [-0.15, -0.1) is 0 Å². The van der Waals surface area contributed by atoms with Crippen LogP contribution in [0.25, 0.3) is 0 Å². The minimum atomic E-state index is -3.66. The van der Waals surface area contributed by atoms with Gasteiger partial charge in [0.15, 0.2) is 0 Å². The van der Waals surface area contributed by atoms with Gasteiger partial charge in [-0.2, -0.15) is 0 Å². The summed E-state index contributed by atoms with van der Waals surface area (Å²) < 4.78 is 27.5. The molecule has 6 heteroatoms. The van der Waals surface area contributed by atoms with E-state index in [2.05, 4.69) is 10.0 Å². The Labute approximate surface area is 149 Å². The van der Waals surface area contributed by atoms with E-state index in [-0.39, 0.29) is 10.8 Å². The lowest BCUT2D eigenvalue weighted by molar-refractivity contribution is 0.102. The van der Waals surface area contributed by atoms with Crippen LogP contribution in [0.5, 0.6) is 0 Å².